The van der Waals surface area contributed by atoms with Gasteiger partial charge in [0.1, 0.15) is 0 Å². The molecular weight excluding hydrogens is 188 g/mol. The van der Waals surface area contributed by atoms with Crippen molar-refractivity contribution in [2.24, 2.45) is 7.05 Å². The van der Waals surface area contributed by atoms with Gasteiger partial charge in [-0.05, 0) is 32.8 Å². The van der Waals surface area contributed by atoms with E-state index in [2.05, 4.69) is 28.8 Å². The zero-order chi connectivity index (χ0) is 10.8. The van der Waals surface area contributed by atoms with E-state index in [4.69, 9.17) is 0 Å². The Balaban J connectivity index is 2.24. The van der Waals surface area contributed by atoms with Gasteiger partial charge >= 0.3 is 0 Å². The van der Waals surface area contributed by atoms with E-state index in [1.54, 1.807) is 0 Å². The zero-order valence-electron chi connectivity index (χ0n) is 9.69. The average molecular weight is 206 g/mol. The van der Waals surface area contributed by atoms with Crippen LogP contribution in [0.15, 0.2) is 5.57 Å². The summed E-state index contributed by atoms with van der Waals surface area (Å²) in [6.07, 6.45) is 4.55. The third-order valence-corrected chi connectivity index (χ3v) is 2.56. The normalized spacial score (nSPS) is 15.8. The molecule has 1 aromatic rings. The van der Waals surface area contributed by atoms with E-state index in [1.807, 2.05) is 17.8 Å². The van der Waals surface area contributed by atoms with Crippen molar-refractivity contribution in [3.63, 3.8) is 0 Å². The van der Waals surface area contributed by atoms with Crippen LogP contribution in [0.25, 0.3) is 6.08 Å². The zero-order valence-corrected chi connectivity index (χ0v) is 9.69. The molecule has 0 unspecified atom stereocenters. The molecule has 0 radical (unpaired) electrons. The number of allylic oxidation sites excluding steroid dienone is 1. The molecule has 4 nitrogen and oxygen atoms in total. The van der Waals surface area contributed by atoms with E-state index in [0.717, 1.165) is 24.9 Å². The molecular formula is C11H18N4. The summed E-state index contributed by atoms with van der Waals surface area (Å²) in [5.41, 5.74) is 1.23. The molecule has 1 saturated heterocycles. The van der Waals surface area contributed by atoms with Crippen LogP contribution in [0.2, 0.25) is 0 Å². The first-order chi connectivity index (χ1) is 7.16. The summed E-state index contributed by atoms with van der Waals surface area (Å²) in [5.74, 6) is 1.82. The molecule has 4 heteroatoms. The van der Waals surface area contributed by atoms with Crippen LogP contribution in [0.3, 0.4) is 0 Å². The van der Waals surface area contributed by atoms with Crippen molar-refractivity contribution >= 4 is 12.0 Å². The van der Waals surface area contributed by atoms with Crippen LogP contribution < -0.4 is 4.90 Å². The Kier molecular flexibility index (Phi) is 2.75. The fraction of sp³-hybridized carbons (Fsp3) is 0.636. The minimum Gasteiger partial charge on any atom is -0.341 e. The molecule has 0 aliphatic carbocycles. The Labute approximate surface area is 90.6 Å². The largest absolute Gasteiger partial charge is 0.341 e. The van der Waals surface area contributed by atoms with E-state index >= 15 is 0 Å². The lowest BCUT2D eigenvalue weighted by Crippen LogP contribution is -2.21. The van der Waals surface area contributed by atoms with Gasteiger partial charge in [-0.3, -0.25) is 0 Å². The second-order valence-corrected chi connectivity index (χ2v) is 4.31. The lowest BCUT2D eigenvalue weighted by atomic mass is 10.3. The number of hydrogen-bond donors (Lipinski definition) is 0. The molecule has 0 atom stereocenters. The summed E-state index contributed by atoms with van der Waals surface area (Å²) in [5, 5.41) is 4.38. The maximum absolute atomic E-state index is 4.53. The number of rotatable bonds is 2. The second kappa shape index (κ2) is 4.04. The lowest BCUT2D eigenvalue weighted by Gasteiger charge is -2.14. The fourth-order valence-corrected chi connectivity index (χ4v) is 1.91. The van der Waals surface area contributed by atoms with Crippen molar-refractivity contribution in [3.8, 4) is 0 Å². The average Bonchev–Trinajstić information content (AvgIpc) is 2.72. The van der Waals surface area contributed by atoms with Gasteiger partial charge < -0.3 is 4.90 Å². The van der Waals surface area contributed by atoms with Crippen LogP contribution in [-0.2, 0) is 7.05 Å². The molecule has 1 fully saturated rings. The first-order valence-corrected chi connectivity index (χ1v) is 5.48. The SMILES string of the molecule is CC(C)=Cc1nc(N2CCCC2)n(C)n1. The Hall–Kier alpha value is -1.32. The molecule has 0 amide bonds. The van der Waals surface area contributed by atoms with Crippen LogP contribution >= 0.6 is 0 Å². The van der Waals surface area contributed by atoms with Gasteiger partial charge in [0.05, 0.1) is 0 Å². The summed E-state index contributed by atoms with van der Waals surface area (Å²) in [7, 11) is 1.96. The highest BCUT2D eigenvalue weighted by atomic mass is 15.4. The summed E-state index contributed by atoms with van der Waals surface area (Å²) in [6.45, 7) is 6.35. The summed E-state index contributed by atoms with van der Waals surface area (Å²) >= 11 is 0. The van der Waals surface area contributed by atoms with Gasteiger partial charge in [0.15, 0.2) is 5.82 Å². The first kappa shape index (κ1) is 10.2. The molecule has 0 aromatic carbocycles. The van der Waals surface area contributed by atoms with Gasteiger partial charge in [-0.1, -0.05) is 5.57 Å². The van der Waals surface area contributed by atoms with Gasteiger partial charge in [-0.15, -0.1) is 0 Å². The Morgan fingerprint density at radius 1 is 1.27 bits per heavy atom. The molecule has 1 aliphatic rings. The topological polar surface area (TPSA) is 34.0 Å². The van der Waals surface area contributed by atoms with E-state index in [1.165, 1.54) is 18.4 Å². The van der Waals surface area contributed by atoms with Gasteiger partial charge in [0.25, 0.3) is 0 Å². The van der Waals surface area contributed by atoms with Crippen molar-refractivity contribution in [2.45, 2.75) is 26.7 Å². The molecule has 0 bridgehead atoms. The molecule has 0 spiro atoms. The predicted molar refractivity (Wildman–Crippen MR) is 61.8 cm³/mol. The monoisotopic (exact) mass is 206 g/mol. The van der Waals surface area contributed by atoms with Crippen LogP contribution in [0.4, 0.5) is 5.95 Å². The maximum atomic E-state index is 4.53. The number of hydrogen-bond acceptors (Lipinski definition) is 3. The minimum atomic E-state index is 0.819. The molecule has 15 heavy (non-hydrogen) atoms. The third-order valence-electron chi connectivity index (χ3n) is 2.56. The van der Waals surface area contributed by atoms with Crippen molar-refractivity contribution in [1.82, 2.24) is 14.8 Å². The molecule has 2 rings (SSSR count). The van der Waals surface area contributed by atoms with E-state index in [-0.39, 0.29) is 0 Å². The number of nitrogens with zero attached hydrogens (tertiary/aromatic N) is 4. The van der Waals surface area contributed by atoms with Crippen molar-refractivity contribution in [1.29, 1.82) is 0 Å². The standard InChI is InChI=1S/C11H18N4/c1-9(2)8-10-12-11(14(3)13-10)15-6-4-5-7-15/h8H,4-7H2,1-3H3. The summed E-state index contributed by atoms with van der Waals surface area (Å²) < 4.78 is 1.88. The molecule has 1 aliphatic heterocycles. The van der Waals surface area contributed by atoms with Crippen molar-refractivity contribution in [2.75, 3.05) is 18.0 Å². The maximum Gasteiger partial charge on any atom is 0.224 e. The first-order valence-electron chi connectivity index (χ1n) is 5.48. The van der Waals surface area contributed by atoms with Crippen molar-refractivity contribution in [3.05, 3.63) is 11.4 Å². The van der Waals surface area contributed by atoms with Gasteiger partial charge in [-0.25, -0.2) is 4.68 Å². The van der Waals surface area contributed by atoms with Gasteiger partial charge in [0.2, 0.25) is 5.95 Å². The fourth-order valence-electron chi connectivity index (χ4n) is 1.91. The molecule has 2 heterocycles. The van der Waals surface area contributed by atoms with E-state index < -0.39 is 0 Å². The highest BCUT2D eigenvalue weighted by molar-refractivity contribution is 5.46. The lowest BCUT2D eigenvalue weighted by molar-refractivity contribution is 0.733. The number of aryl methyl sites for hydroxylation is 1. The van der Waals surface area contributed by atoms with E-state index in [9.17, 15) is 0 Å². The third kappa shape index (κ3) is 2.19. The summed E-state index contributed by atoms with van der Waals surface area (Å²) in [6, 6.07) is 0. The highest BCUT2D eigenvalue weighted by Crippen LogP contribution is 2.17. The smallest absolute Gasteiger partial charge is 0.224 e. The quantitative estimate of drug-likeness (QED) is 0.740. The van der Waals surface area contributed by atoms with Crippen LogP contribution in [0, 0.1) is 0 Å². The molecule has 1 aromatic heterocycles. The second-order valence-electron chi connectivity index (χ2n) is 4.31. The van der Waals surface area contributed by atoms with Crippen LogP contribution in [-0.4, -0.2) is 27.9 Å². The van der Waals surface area contributed by atoms with Gasteiger partial charge in [-0.2, -0.15) is 10.1 Å². The highest BCUT2D eigenvalue weighted by Gasteiger charge is 2.17. The van der Waals surface area contributed by atoms with Crippen LogP contribution in [0.1, 0.15) is 32.5 Å². The predicted octanol–water partition coefficient (Wildman–Crippen LogP) is 1.84. The van der Waals surface area contributed by atoms with E-state index in [0.29, 0.717) is 0 Å². The van der Waals surface area contributed by atoms with Crippen LogP contribution in [0.5, 0.6) is 0 Å². The molecule has 0 N–H and O–H groups in total. The van der Waals surface area contributed by atoms with Crippen molar-refractivity contribution < 1.29 is 0 Å². The minimum absolute atomic E-state index is 0.819. The molecule has 0 saturated carbocycles. The number of aromatic nitrogens is 3. The Bertz CT molecular complexity index is 368. The summed E-state index contributed by atoms with van der Waals surface area (Å²) in [4.78, 5) is 6.83. The molecule has 82 valence electrons. The van der Waals surface area contributed by atoms with Gasteiger partial charge in [0, 0.05) is 20.1 Å². The number of anilines is 1. The Morgan fingerprint density at radius 2 is 1.93 bits per heavy atom. The Morgan fingerprint density at radius 3 is 2.53 bits per heavy atom.